The molecule has 0 bridgehead atoms. The first-order valence-electron chi connectivity index (χ1n) is 8.19. The van der Waals surface area contributed by atoms with Crippen molar-refractivity contribution in [3.05, 3.63) is 54.4 Å². The van der Waals surface area contributed by atoms with Gasteiger partial charge in [-0.25, -0.2) is 9.37 Å². The van der Waals surface area contributed by atoms with Gasteiger partial charge in [0.1, 0.15) is 17.2 Å². The molecule has 128 valence electrons. The first kappa shape index (κ1) is 15.7. The first-order chi connectivity index (χ1) is 12.1. The Morgan fingerprint density at radius 1 is 1.12 bits per heavy atom. The predicted molar refractivity (Wildman–Crippen MR) is 91.8 cm³/mol. The number of amides is 1. The van der Waals surface area contributed by atoms with Crippen LogP contribution in [0.1, 0.15) is 10.5 Å². The topological polar surface area (TPSA) is 53.7 Å². The average Bonchev–Trinajstić information content (AvgIpc) is 3.07. The van der Waals surface area contributed by atoms with Gasteiger partial charge in [-0.15, -0.1) is 0 Å². The zero-order valence-corrected chi connectivity index (χ0v) is 13.9. The molecule has 6 nitrogen and oxygen atoms in total. The number of imidazole rings is 1. The molecule has 1 aromatic carbocycles. The predicted octanol–water partition coefficient (Wildman–Crippen LogP) is 1.92. The molecule has 3 heterocycles. The summed E-state index contributed by atoms with van der Waals surface area (Å²) in [5.74, 6) is -0.369. The first-order valence-corrected chi connectivity index (χ1v) is 8.19. The third kappa shape index (κ3) is 2.98. The Morgan fingerprint density at radius 3 is 2.56 bits per heavy atom. The molecule has 1 saturated heterocycles. The Balaban J connectivity index is 1.69. The van der Waals surface area contributed by atoms with E-state index in [1.807, 2.05) is 11.9 Å². The van der Waals surface area contributed by atoms with Crippen LogP contribution in [0.5, 0.6) is 0 Å². The highest BCUT2D eigenvalue weighted by Gasteiger charge is 2.23. The Morgan fingerprint density at radius 2 is 1.84 bits per heavy atom. The standard InChI is InChI=1S/C18H18FN5O/c1-22-8-10-23(11-9-22)18(25)15-12-24-7-6-20-16(17(24)21-15)13-2-4-14(19)5-3-13/h2-7,12H,8-11H2,1H3. The largest absolute Gasteiger partial charge is 0.335 e. The second-order valence-electron chi connectivity index (χ2n) is 6.24. The molecular formula is C18H18FN5O. The van der Waals surface area contributed by atoms with E-state index in [0.29, 0.717) is 30.1 Å². The molecule has 1 aliphatic heterocycles. The van der Waals surface area contributed by atoms with Crippen LogP contribution in [0.15, 0.2) is 42.9 Å². The van der Waals surface area contributed by atoms with Crippen LogP contribution in [0.2, 0.25) is 0 Å². The fraction of sp³-hybridized carbons (Fsp3) is 0.278. The highest BCUT2D eigenvalue weighted by Crippen LogP contribution is 2.22. The molecule has 2 aromatic heterocycles. The van der Waals surface area contributed by atoms with E-state index in [0.717, 1.165) is 18.7 Å². The van der Waals surface area contributed by atoms with Crippen LogP contribution in [-0.4, -0.2) is 63.3 Å². The summed E-state index contributed by atoms with van der Waals surface area (Å²) in [5, 5.41) is 0. The van der Waals surface area contributed by atoms with Crippen molar-refractivity contribution in [3.8, 4) is 11.3 Å². The second-order valence-corrected chi connectivity index (χ2v) is 6.24. The molecule has 0 N–H and O–H groups in total. The van der Waals surface area contributed by atoms with Crippen LogP contribution >= 0.6 is 0 Å². The number of hydrogen-bond donors (Lipinski definition) is 0. The molecule has 0 spiro atoms. The van der Waals surface area contributed by atoms with Crippen LogP contribution in [0.25, 0.3) is 16.9 Å². The number of carbonyl (C=O) groups excluding carboxylic acids is 1. The number of halogens is 1. The van der Waals surface area contributed by atoms with Crippen molar-refractivity contribution in [1.29, 1.82) is 0 Å². The number of nitrogens with zero attached hydrogens (tertiary/aromatic N) is 5. The van der Waals surface area contributed by atoms with Crippen molar-refractivity contribution in [3.63, 3.8) is 0 Å². The molecule has 4 rings (SSSR count). The highest BCUT2D eigenvalue weighted by molar-refractivity contribution is 5.93. The second kappa shape index (κ2) is 6.25. The van der Waals surface area contributed by atoms with E-state index < -0.39 is 0 Å². The van der Waals surface area contributed by atoms with Gasteiger partial charge >= 0.3 is 0 Å². The maximum absolute atomic E-state index is 13.2. The van der Waals surface area contributed by atoms with Crippen molar-refractivity contribution in [2.45, 2.75) is 0 Å². The van der Waals surface area contributed by atoms with E-state index in [9.17, 15) is 9.18 Å². The Hall–Kier alpha value is -2.80. The van der Waals surface area contributed by atoms with E-state index in [4.69, 9.17) is 0 Å². The molecule has 0 aliphatic carbocycles. The monoisotopic (exact) mass is 339 g/mol. The van der Waals surface area contributed by atoms with Crippen molar-refractivity contribution >= 4 is 11.6 Å². The summed E-state index contributed by atoms with van der Waals surface area (Å²) in [5.41, 5.74) is 2.38. The molecule has 0 radical (unpaired) electrons. The summed E-state index contributed by atoms with van der Waals surface area (Å²) >= 11 is 0. The molecule has 25 heavy (non-hydrogen) atoms. The van der Waals surface area contributed by atoms with Gasteiger partial charge in [0.25, 0.3) is 5.91 Å². The number of piperazine rings is 1. The van der Waals surface area contributed by atoms with Gasteiger partial charge in [0.2, 0.25) is 0 Å². The van der Waals surface area contributed by atoms with Gasteiger partial charge in [-0.05, 0) is 31.3 Å². The SMILES string of the molecule is CN1CCN(C(=O)c2cn3ccnc(-c4ccc(F)cc4)c3n2)CC1. The Labute approximate surface area is 144 Å². The van der Waals surface area contributed by atoms with Gasteiger partial charge in [0, 0.05) is 50.3 Å². The number of fused-ring (bicyclic) bond motifs is 1. The summed E-state index contributed by atoms with van der Waals surface area (Å²) in [6, 6.07) is 6.10. The zero-order chi connectivity index (χ0) is 17.4. The normalized spacial score (nSPS) is 15.7. The summed E-state index contributed by atoms with van der Waals surface area (Å²) in [7, 11) is 2.05. The van der Waals surface area contributed by atoms with Gasteiger partial charge < -0.3 is 14.2 Å². The minimum atomic E-state index is -0.301. The summed E-state index contributed by atoms with van der Waals surface area (Å²) in [6.45, 7) is 3.13. The van der Waals surface area contributed by atoms with Crippen molar-refractivity contribution < 1.29 is 9.18 Å². The van der Waals surface area contributed by atoms with E-state index in [2.05, 4.69) is 14.9 Å². The van der Waals surface area contributed by atoms with E-state index in [-0.39, 0.29) is 11.7 Å². The third-order valence-corrected chi connectivity index (χ3v) is 4.50. The smallest absolute Gasteiger partial charge is 0.274 e. The van der Waals surface area contributed by atoms with Crippen molar-refractivity contribution in [1.82, 2.24) is 24.2 Å². The summed E-state index contributed by atoms with van der Waals surface area (Å²) < 4.78 is 15.0. The molecule has 0 saturated carbocycles. The molecule has 7 heteroatoms. The maximum Gasteiger partial charge on any atom is 0.274 e. The number of benzene rings is 1. The highest BCUT2D eigenvalue weighted by atomic mass is 19.1. The van der Waals surface area contributed by atoms with Crippen LogP contribution in [0.3, 0.4) is 0 Å². The molecule has 1 amide bonds. The van der Waals surface area contributed by atoms with Crippen molar-refractivity contribution in [2.24, 2.45) is 0 Å². The molecule has 1 fully saturated rings. The number of carbonyl (C=O) groups is 1. The number of hydrogen-bond acceptors (Lipinski definition) is 4. The minimum Gasteiger partial charge on any atom is -0.335 e. The van der Waals surface area contributed by atoms with Crippen LogP contribution < -0.4 is 0 Å². The van der Waals surface area contributed by atoms with Crippen LogP contribution in [0, 0.1) is 5.82 Å². The summed E-state index contributed by atoms with van der Waals surface area (Å²) in [4.78, 5) is 25.6. The lowest BCUT2D eigenvalue weighted by Crippen LogP contribution is -2.47. The van der Waals surface area contributed by atoms with Crippen LogP contribution in [0.4, 0.5) is 4.39 Å². The van der Waals surface area contributed by atoms with Gasteiger partial charge in [-0.3, -0.25) is 9.78 Å². The number of rotatable bonds is 2. The average molecular weight is 339 g/mol. The number of likely N-dealkylation sites (N-methyl/N-ethyl adjacent to an activating group) is 1. The van der Waals surface area contributed by atoms with Gasteiger partial charge in [-0.2, -0.15) is 0 Å². The third-order valence-electron chi connectivity index (χ3n) is 4.50. The number of aromatic nitrogens is 3. The molecule has 1 aliphatic rings. The van der Waals surface area contributed by atoms with Crippen molar-refractivity contribution in [2.75, 3.05) is 33.2 Å². The molecule has 0 atom stereocenters. The summed E-state index contributed by atoms with van der Waals surface area (Å²) in [6.07, 6.45) is 5.14. The Kier molecular flexibility index (Phi) is 3.93. The fourth-order valence-corrected chi connectivity index (χ4v) is 3.01. The van der Waals surface area contributed by atoms with Gasteiger partial charge in [0.05, 0.1) is 0 Å². The molecule has 0 unspecified atom stereocenters. The minimum absolute atomic E-state index is 0.0677. The quantitative estimate of drug-likeness (QED) is 0.716. The van der Waals surface area contributed by atoms with E-state index in [1.165, 1.54) is 12.1 Å². The maximum atomic E-state index is 13.2. The lowest BCUT2D eigenvalue weighted by molar-refractivity contribution is 0.0659. The fourth-order valence-electron chi connectivity index (χ4n) is 3.01. The lowest BCUT2D eigenvalue weighted by Gasteiger charge is -2.31. The van der Waals surface area contributed by atoms with Gasteiger partial charge in [0.15, 0.2) is 5.65 Å². The lowest BCUT2D eigenvalue weighted by atomic mass is 10.1. The van der Waals surface area contributed by atoms with E-state index in [1.54, 1.807) is 35.1 Å². The Bertz CT molecular complexity index is 913. The van der Waals surface area contributed by atoms with E-state index >= 15 is 0 Å². The zero-order valence-electron chi connectivity index (χ0n) is 13.9. The van der Waals surface area contributed by atoms with Gasteiger partial charge in [-0.1, -0.05) is 0 Å². The molecular weight excluding hydrogens is 321 g/mol. The molecule has 3 aromatic rings. The van der Waals surface area contributed by atoms with Crippen LogP contribution in [-0.2, 0) is 0 Å².